The number of unbranched alkanes of at least 4 members (excludes halogenated alkanes) is 5. The van der Waals surface area contributed by atoms with Crippen LogP contribution in [-0.2, 0) is 6.54 Å². The Morgan fingerprint density at radius 3 is 1.95 bits per heavy atom. The minimum absolute atomic E-state index is 0.643. The maximum absolute atomic E-state index is 5.37. The molecule has 0 aliphatic rings. The lowest BCUT2D eigenvalue weighted by atomic mass is 10.1. The van der Waals surface area contributed by atoms with Crippen molar-refractivity contribution in [3.05, 3.63) is 17.7 Å². The molecule has 126 valence electrons. The summed E-state index contributed by atoms with van der Waals surface area (Å²) in [6.45, 7) is 4.10. The first kappa shape index (κ1) is 18.6. The molecule has 4 nitrogen and oxygen atoms in total. The molecule has 22 heavy (non-hydrogen) atoms. The Morgan fingerprint density at radius 2 is 1.41 bits per heavy atom. The van der Waals surface area contributed by atoms with Gasteiger partial charge in [-0.2, -0.15) is 0 Å². The summed E-state index contributed by atoms with van der Waals surface area (Å²) in [7, 11) is 4.91. The van der Waals surface area contributed by atoms with Gasteiger partial charge in [0.2, 0.25) is 5.75 Å². The largest absolute Gasteiger partial charge is 0.493 e. The van der Waals surface area contributed by atoms with Gasteiger partial charge in [-0.15, -0.1) is 0 Å². The highest BCUT2D eigenvalue weighted by atomic mass is 16.5. The molecule has 0 aliphatic carbocycles. The number of methoxy groups -OCH3 is 3. The minimum Gasteiger partial charge on any atom is -0.493 e. The summed E-state index contributed by atoms with van der Waals surface area (Å²) in [5.74, 6) is 2.06. The Hall–Kier alpha value is -1.42. The van der Waals surface area contributed by atoms with E-state index in [9.17, 15) is 0 Å². The summed E-state index contributed by atoms with van der Waals surface area (Å²) in [5, 5.41) is 3.48. The van der Waals surface area contributed by atoms with Crippen molar-refractivity contribution in [3.8, 4) is 17.2 Å². The van der Waals surface area contributed by atoms with Crippen LogP contribution in [0.3, 0.4) is 0 Å². The van der Waals surface area contributed by atoms with Crippen molar-refractivity contribution in [1.29, 1.82) is 0 Å². The Labute approximate surface area is 135 Å². The molecule has 4 heteroatoms. The van der Waals surface area contributed by atoms with Crippen LogP contribution in [0.4, 0.5) is 0 Å². The predicted molar refractivity (Wildman–Crippen MR) is 91.2 cm³/mol. The average molecular weight is 309 g/mol. The Balaban J connectivity index is 2.39. The fraction of sp³-hybridized carbons (Fsp3) is 0.667. The third-order valence-electron chi connectivity index (χ3n) is 3.76. The van der Waals surface area contributed by atoms with Crippen LogP contribution in [0.2, 0.25) is 0 Å². The first-order valence-electron chi connectivity index (χ1n) is 8.26. The fourth-order valence-corrected chi connectivity index (χ4v) is 2.50. The fourth-order valence-electron chi connectivity index (χ4n) is 2.50. The molecule has 0 fully saturated rings. The Bertz CT molecular complexity index is 396. The van der Waals surface area contributed by atoms with Crippen LogP contribution in [0, 0.1) is 0 Å². The number of hydrogen-bond acceptors (Lipinski definition) is 4. The van der Waals surface area contributed by atoms with Crippen LogP contribution in [0.25, 0.3) is 0 Å². The highest BCUT2D eigenvalue weighted by molar-refractivity contribution is 5.53. The van der Waals surface area contributed by atoms with E-state index in [0.29, 0.717) is 17.2 Å². The smallest absolute Gasteiger partial charge is 0.203 e. The van der Waals surface area contributed by atoms with Crippen molar-refractivity contribution in [2.75, 3.05) is 27.9 Å². The highest BCUT2D eigenvalue weighted by Crippen LogP contribution is 2.38. The lowest BCUT2D eigenvalue weighted by molar-refractivity contribution is 0.323. The third kappa shape index (κ3) is 6.14. The summed E-state index contributed by atoms with van der Waals surface area (Å²) in [6.07, 6.45) is 7.91. The Morgan fingerprint density at radius 1 is 0.818 bits per heavy atom. The van der Waals surface area contributed by atoms with Gasteiger partial charge in [-0.05, 0) is 30.7 Å². The van der Waals surface area contributed by atoms with Crippen molar-refractivity contribution in [2.45, 2.75) is 52.0 Å². The molecule has 0 saturated carbocycles. The highest BCUT2D eigenvalue weighted by Gasteiger charge is 2.12. The van der Waals surface area contributed by atoms with E-state index in [0.717, 1.165) is 18.7 Å². The molecule has 1 rings (SSSR count). The number of rotatable bonds is 12. The average Bonchev–Trinajstić information content (AvgIpc) is 2.56. The molecule has 1 N–H and O–H groups in total. The zero-order chi connectivity index (χ0) is 16.2. The van der Waals surface area contributed by atoms with Crippen LogP contribution >= 0.6 is 0 Å². The van der Waals surface area contributed by atoms with Crippen molar-refractivity contribution >= 4 is 0 Å². The second kappa shape index (κ2) is 11.2. The molecule has 0 aromatic heterocycles. The maximum atomic E-state index is 5.37. The molecule has 0 heterocycles. The van der Waals surface area contributed by atoms with Gasteiger partial charge < -0.3 is 19.5 Å². The topological polar surface area (TPSA) is 39.7 Å². The standard InChI is InChI=1S/C18H31NO3/c1-5-6-7-8-9-10-11-19-14-15-12-16(20-2)18(22-4)17(13-15)21-3/h12-13,19H,5-11,14H2,1-4H3. The molecule has 0 atom stereocenters. The van der Waals surface area contributed by atoms with Crippen molar-refractivity contribution in [3.63, 3.8) is 0 Å². The molecule has 0 amide bonds. The van der Waals surface area contributed by atoms with Gasteiger partial charge in [0, 0.05) is 6.54 Å². The SMILES string of the molecule is CCCCCCCCNCc1cc(OC)c(OC)c(OC)c1. The number of nitrogens with one attached hydrogen (secondary N) is 1. The normalized spacial score (nSPS) is 10.5. The maximum Gasteiger partial charge on any atom is 0.203 e. The van der Waals surface area contributed by atoms with E-state index in [1.165, 1.54) is 38.5 Å². The van der Waals surface area contributed by atoms with Crippen LogP contribution in [0.15, 0.2) is 12.1 Å². The molecule has 0 radical (unpaired) electrons. The molecule has 0 unspecified atom stereocenters. The van der Waals surface area contributed by atoms with Gasteiger partial charge in [-0.1, -0.05) is 39.0 Å². The number of hydrogen-bond donors (Lipinski definition) is 1. The van der Waals surface area contributed by atoms with E-state index in [1.54, 1.807) is 21.3 Å². The molecule has 0 spiro atoms. The summed E-state index contributed by atoms with van der Waals surface area (Å²) in [6, 6.07) is 3.99. The van der Waals surface area contributed by atoms with Crippen LogP contribution in [0.5, 0.6) is 17.2 Å². The summed E-state index contributed by atoms with van der Waals surface area (Å²) in [5.41, 5.74) is 1.14. The molecule has 0 bridgehead atoms. The van der Waals surface area contributed by atoms with E-state index >= 15 is 0 Å². The second-order valence-corrected chi connectivity index (χ2v) is 5.48. The monoisotopic (exact) mass is 309 g/mol. The summed E-state index contributed by atoms with van der Waals surface area (Å²) >= 11 is 0. The lowest BCUT2D eigenvalue weighted by Crippen LogP contribution is -2.15. The van der Waals surface area contributed by atoms with Gasteiger partial charge in [0.25, 0.3) is 0 Å². The molecule has 0 aliphatic heterocycles. The van der Waals surface area contributed by atoms with Gasteiger partial charge in [-0.3, -0.25) is 0 Å². The van der Waals surface area contributed by atoms with Gasteiger partial charge in [0.1, 0.15) is 0 Å². The van der Waals surface area contributed by atoms with Gasteiger partial charge >= 0.3 is 0 Å². The minimum atomic E-state index is 0.643. The second-order valence-electron chi connectivity index (χ2n) is 5.48. The summed E-state index contributed by atoms with van der Waals surface area (Å²) < 4.78 is 16.1. The predicted octanol–water partition coefficient (Wildman–Crippen LogP) is 4.16. The quantitative estimate of drug-likeness (QED) is 0.588. The van der Waals surface area contributed by atoms with Gasteiger partial charge in [-0.25, -0.2) is 0 Å². The number of ether oxygens (including phenoxy) is 3. The van der Waals surface area contributed by atoms with E-state index < -0.39 is 0 Å². The van der Waals surface area contributed by atoms with E-state index in [-0.39, 0.29) is 0 Å². The summed E-state index contributed by atoms with van der Waals surface area (Å²) in [4.78, 5) is 0. The van der Waals surface area contributed by atoms with Crippen molar-refractivity contribution in [2.24, 2.45) is 0 Å². The first-order chi connectivity index (χ1) is 10.8. The Kier molecular flexibility index (Phi) is 9.47. The van der Waals surface area contributed by atoms with Crippen LogP contribution in [0.1, 0.15) is 51.0 Å². The zero-order valence-corrected chi connectivity index (χ0v) is 14.5. The lowest BCUT2D eigenvalue weighted by Gasteiger charge is -2.14. The molecule has 0 saturated heterocycles. The molecular weight excluding hydrogens is 278 g/mol. The van der Waals surface area contributed by atoms with Gasteiger partial charge in [0.05, 0.1) is 21.3 Å². The van der Waals surface area contributed by atoms with Gasteiger partial charge in [0.15, 0.2) is 11.5 Å². The van der Waals surface area contributed by atoms with E-state index in [1.807, 2.05) is 12.1 Å². The zero-order valence-electron chi connectivity index (χ0n) is 14.5. The van der Waals surface area contributed by atoms with Crippen LogP contribution < -0.4 is 19.5 Å². The van der Waals surface area contributed by atoms with E-state index in [4.69, 9.17) is 14.2 Å². The molecule has 1 aromatic carbocycles. The first-order valence-corrected chi connectivity index (χ1v) is 8.26. The van der Waals surface area contributed by atoms with E-state index in [2.05, 4.69) is 12.2 Å². The van der Waals surface area contributed by atoms with Crippen molar-refractivity contribution in [1.82, 2.24) is 5.32 Å². The molecule has 1 aromatic rings. The third-order valence-corrected chi connectivity index (χ3v) is 3.76. The molecular formula is C18H31NO3. The number of benzene rings is 1. The van der Waals surface area contributed by atoms with Crippen LogP contribution in [-0.4, -0.2) is 27.9 Å². The van der Waals surface area contributed by atoms with Crippen molar-refractivity contribution < 1.29 is 14.2 Å².